The van der Waals surface area contributed by atoms with Gasteiger partial charge in [-0.25, -0.2) is 9.78 Å². The van der Waals surface area contributed by atoms with Crippen LogP contribution in [0.25, 0.3) is 0 Å². The van der Waals surface area contributed by atoms with Crippen LogP contribution in [0.5, 0.6) is 0 Å². The number of carbonyl (C=O) groups is 1. The SMILES string of the molecule is Cc1sc(C2(N)CCCCCC2)nc1C(=O)O. The molecule has 1 heterocycles. The number of rotatable bonds is 2. The summed E-state index contributed by atoms with van der Waals surface area (Å²) in [4.78, 5) is 16.0. The van der Waals surface area contributed by atoms with E-state index in [-0.39, 0.29) is 5.69 Å². The minimum absolute atomic E-state index is 0.166. The smallest absolute Gasteiger partial charge is 0.355 e. The minimum atomic E-state index is -0.956. The molecule has 3 N–H and O–H groups in total. The molecule has 1 fully saturated rings. The highest BCUT2D eigenvalue weighted by Gasteiger charge is 2.32. The largest absolute Gasteiger partial charge is 0.476 e. The first kappa shape index (κ1) is 12.5. The molecule has 0 unspecified atom stereocenters. The molecule has 0 amide bonds. The van der Waals surface area contributed by atoms with Crippen LogP contribution in [0, 0.1) is 6.92 Å². The molecule has 0 aromatic carbocycles. The average Bonchev–Trinajstić information content (AvgIpc) is 2.52. The molecular weight excluding hydrogens is 236 g/mol. The van der Waals surface area contributed by atoms with Gasteiger partial charge in [-0.3, -0.25) is 0 Å². The van der Waals surface area contributed by atoms with Crippen molar-refractivity contribution in [2.45, 2.75) is 51.0 Å². The zero-order chi connectivity index (χ0) is 12.5. The van der Waals surface area contributed by atoms with E-state index in [1.807, 2.05) is 0 Å². The summed E-state index contributed by atoms with van der Waals surface area (Å²) in [5.41, 5.74) is 6.18. The third-order valence-electron chi connectivity index (χ3n) is 3.42. The molecule has 1 aliphatic carbocycles. The van der Waals surface area contributed by atoms with Crippen molar-refractivity contribution in [1.82, 2.24) is 4.98 Å². The number of hydrogen-bond acceptors (Lipinski definition) is 4. The molecule has 0 bridgehead atoms. The third-order valence-corrected chi connectivity index (χ3v) is 4.61. The molecule has 1 aliphatic rings. The molecule has 4 nitrogen and oxygen atoms in total. The topological polar surface area (TPSA) is 76.2 Å². The Labute approximate surface area is 105 Å². The van der Waals surface area contributed by atoms with Gasteiger partial charge in [0.25, 0.3) is 0 Å². The van der Waals surface area contributed by atoms with E-state index in [0.29, 0.717) is 0 Å². The van der Waals surface area contributed by atoms with E-state index in [1.165, 1.54) is 24.2 Å². The van der Waals surface area contributed by atoms with Crippen LogP contribution in [0.15, 0.2) is 0 Å². The molecule has 17 heavy (non-hydrogen) atoms. The Morgan fingerprint density at radius 3 is 2.41 bits per heavy atom. The maximum absolute atomic E-state index is 11.0. The maximum atomic E-state index is 11.0. The maximum Gasteiger partial charge on any atom is 0.355 e. The zero-order valence-corrected chi connectivity index (χ0v) is 10.8. The van der Waals surface area contributed by atoms with Crippen molar-refractivity contribution in [3.05, 3.63) is 15.6 Å². The fourth-order valence-corrected chi connectivity index (χ4v) is 3.45. The number of nitrogens with zero attached hydrogens (tertiary/aromatic N) is 1. The van der Waals surface area contributed by atoms with Crippen LogP contribution in [0.2, 0.25) is 0 Å². The van der Waals surface area contributed by atoms with Gasteiger partial charge in [0.1, 0.15) is 5.01 Å². The van der Waals surface area contributed by atoms with Crippen LogP contribution in [-0.2, 0) is 5.54 Å². The molecular formula is C12H18N2O2S. The van der Waals surface area contributed by atoms with E-state index >= 15 is 0 Å². The Morgan fingerprint density at radius 1 is 1.35 bits per heavy atom. The Kier molecular flexibility index (Phi) is 3.49. The van der Waals surface area contributed by atoms with Gasteiger partial charge in [0, 0.05) is 4.88 Å². The second-order valence-corrected chi connectivity index (χ2v) is 6.00. The first-order chi connectivity index (χ1) is 8.03. The summed E-state index contributed by atoms with van der Waals surface area (Å²) in [6, 6.07) is 0. The zero-order valence-electron chi connectivity index (χ0n) is 10.0. The highest BCUT2D eigenvalue weighted by atomic mass is 32.1. The Hall–Kier alpha value is -0.940. The monoisotopic (exact) mass is 254 g/mol. The number of carboxylic acid groups (broad SMARTS) is 1. The molecule has 0 radical (unpaired) electrons. The van der Waals surface area contributed by atoms with Crippen LogP contribution in [-0.4, -0.2) is 16.1 Å². The minimum Gasteiger partial charge on any atom is -0.476 e. The second-order valence-electron chi connectivity index (χ2n) is 4.80. The molecule has 2 rings (SSSR count). The lowest BCUT2D eigenvalue weighted by atomic mass is 9.92. The highest BCUT2D eigenvalue weighted by molar-refractivity contribution is 7.12. The second kappa shape index (κ2) is 4.74. The predicted molar refractivity (Wildman–Crippen MR) is 67.4 cm³/mol. The van der Waals surface area contributed by atoms with Crippen LogP contribution in [0.3, 0.4) is 0 Å². The molecule has 1 saturated carbocycles. The fourth-order valence-electron chi connectivity index (χ4n) is 2.38. The van der Waals surface area contributed by atoms with Crippen molar-refractivity contribution >= 4 is 17.3 Å². The van der Waals surface area contributed by atoms with E-state index in [1.54, 1.807) is 6.92 Å². The van der Waals surface area contributed by atoms with Gasteiger partial charge in [0.15, 0.2) is 5.69 Å². The summed E-state index contributed by atoms with van der Waals surface area (Å²) in [6.45, 7) is 1.80. The number of nitrogens with two attached hydrogens (primary N) is 1. The van der Waals surface area contributed by atoms with Gasteiger partial charge in [-0.15, -0.1) is 11.3 Å². The van der Waals surface area contributed by atoms with Crippen molar-refractivity contribution in [2.24, 2.45) is 5.73 Å². The van der Waals surface area contributed by atoms with E-state index in [0.717, 1.165) is 35.6 Å². The van der Waals surface area contributed by atoms with Gasteiger partial charge in [0.05, 0.1) is 5.54 Å². The Balaban J connectivity index is 2.31. The Morgan fingerprint density at radius 2 is 1.94 bits per heavy atom. The summed E-state index contributed by atoms with van der Waals surface area (Å²) in [5.74, 6) is -0.956. The number of carboxylic acids is 1. The average molecular weight is 254 g/mol. The van der Waals surface area contributed by atoms with Gasteiger partial charge in [-0.05, 0) is 19.8 Å². The summed E-state index contributed by atoms with van der Waals surface area (Å²) in [7, 11) is 0. The third kappa shape index (κ3) is 2.50. The lowest BCUT2D eigenvalue weighted by Gasteiger charge is -2.25. The van der Waals surface area contributed by atoms with Crippen LogP contribution in [0.4, 0.5) is 0 Å². The van der Waals surface area contributed by atoms with Crippen molar-refractivity contribution in [1.29, 1.82) is 0 Å². The highest BCUT2D eigenvalue weighted by Crippen LogP contribution is 2.36. The number of thiazole rings is 1. The lowest BCUT2D eigenvalue weighted by molar-refractivity contribution is 0.0690. The molecule has 1 aromatic heterocycles. The molecule has 94 valence electrons. The van der Waals surface area contributed by atoms with Gasteiger partial charge in [-0.1, -0.05) is 25.7 Å². The van der Waals surface area contributed by atoms with Gasteiger partial charge >= 0.3 is 5.97 Å². The van der Waals surface area contributed by atoms with E-state index in [9.17, 15) is 4.79 Å². The van der Waals surface area contributed by atoms with Crippen LogP contribution in [0.1, 0.15) is 58.9 Å². The molecule has 1 aromatic rings. The Bertz CT molecular complexity index is 420. The molecule has 0 spiro atoms. The predicted octanol–water partition coefficient (Wildman–Crippen LogP) is 2.66. The molecule has 0 atom stereocenters. The number of hydrogen-bond donors (Lipinski definition) is 2. The normalized spacial score (nSPS) is 19.9. The van der Waals surface area contributed by atoms with Crippen LogP contribution < -0.4 is 5.73 Å². The van der Waals surface area contributed by atoms with E-state index in [2.05, 4.69) is 4.98 Å². The van der Waals surface area contributed by atoms with Crippen LogP contribution >= 0.6 is 11.3 Å². The first-order valence-corrected chi connectivity index (χ1v) is 6.85. The quantitative estimate of drug-likeness (QED) is 0.795. The number of aryl methyl sites for hydroxylation is 1. The lowest BCUT2D eigenvalue weighted by Crippen LogP contribution is -2.36. The molecule has 5 heteroatoms. The van der Waals surface area contributed by atoms with Gasteiger partial charge < -0.3 is 10.8 Å². The van der Waals surface area contributed by atoms with Crippen molar-refractivity contribution in [3.63, 3.8) is 0 Å². The van der Waals surface area contributed by atoms with Crippen molar-refractivity contribution in [3.8, 4) is 0 Å². The summed E-state index contributed by atoms with van der Waals surface area (Å²) in [5, 5.41) is 9.82. The molecule has 0 aliphatic heterocycles. The van der Waals surface area contributed by atoms with E-state index < -0.39 is 11.5 Å². The van der Waals surface area contributed by atoms with Gasteiger partial charge in [-0.2, -0.15) is 0 Å². The standard InChI is InChI=1S/C12H18N2O2S/c1-8-9(10(15)16)14-11(17-8)12(13)6-4-2-3-5-7-12/h2-7,13H2,1H3,(H,15,16). The van der Waals surface area contributed by atoms with E-state index in [4.69, 9.17) is 10.8 Å². The van der Waals surface area contributed by atoms with Gasteiger partial charge in [0.2, 0.25) is 0 Å². The first-order valence-electron chi connectivity index (χ1n) is 6.03. The summed E-state index contributed by atoms with van der Waals surface area (Å²) < 4.78 is 0. The molecule has 0 saturated heterocycles. The summed E-state index contributed by atoms with van der Waals surface area (Å²) in [6.07, 6.45) is 6.48. The van der Waals surface area contributed by atoms with Crippen molar-refractivity contribution in [2.75, 3.05) is 0 Å². The number of aromatic carboxylic acids is 1. The van der Waals surface area contributed by atoms with Crippen molar-refractivity contribution < 1.29 is 9.90 Å². The number of aromatic nitrogens is 1. The summed E-state index contributed by atoms with van der Waals surface area (Å²) >= 11 is 1.44. The fraction of sp³-hybridized carbons (Fsp3) is 0.667.